The van der Waals surface area contributed by atoms with E-state index in [4.69, 9.17) is 5.73 Å². The van der Waals surface area contributed by atoms with Crippen LogP contribution in [0, 0.1) is 5.82 Å². The zero-order valence-electron chi connectivity index (χ0n) is 14.4. The fourth-order valence-corrected chi connectivity index (χ4v) is 3.27. The molecule has 0 aliphatic carbocycles. The molecule has 1 amide bonds. The van der Waals surface area contributed by atoms with Crippen LogP contribution >= 0.6 is 0 Å². The molecule has 4 N–H and O–H groups in total. The van der Waals surface area contributed by atoms with Crippen LogP contribution in [0.1, 0.15) is 24.4 Å². The van der Waals surface area contributed by atoms with Crippen molar-refractivity contribution in [1.82, 2.24) is 20.3 Å². The molecular formula is C20H18FN5O. The van der Waals surface area contributed by atoms with E-state index in [9.17, 15) is 9.18 Å². The Morgan fingerprint density at radius 3 is 2.67 bits per heavy atom. The van der Waals surface area contributed by atoms with Crippen molar-refractivity contribution in [2.45, 2.75) is 18.9 Å². The number of nitrogens with two attached hydrogens (primary N) is 1. The van der Waals surface area contributed by atoms with Gasteiger partial charge < -0.3 is 16.0 Å². The Morgan fingerprint density at radius 1 is 1.11 bits per heavy atom. The predicted molar refractivity (Wildman–Crippen MR) is 102 cm³/mol. The first-order valence-corrected chi connectivity index (χ1v) is 8.63. The molecule has 136 valence electrons. The zero-order chi connectivity index (χ0) is 18.8. The molecule has 0 saturated carbocycles. The molecule has 4 aromatic rings. The minimum Gasteiger partial charge on any atom is -0.383 e. The monoisotopic (exact) mass is 363 g/mol. The maximum atomic E-state index is 13.0. The number of hydrogen-bond donors (Lipinski definition) is 3. The summed E-state index contributed by atoms with van der Waals surface area (Å²) in [4.78, 5) is 21.8. The number of rotatable bonds is 1. The van der Waals surface area contributed by atoms with E-state index in [1.54, 1.807) is 6.07 Å². The van der Waals surface area contributed by atoms with Gasteiger partial charge in [0.05, 0.1) is 16.9 Å². The Morgan fingerprint density at radius 2 is 1.93 bits per heavy atom. The lowest BCUT2D eigenvalue weighted by molar-refractivity contribution is -0.119. The third-order valence-corrected chi connectivity index (χ3v) is 4.58. The van der Waals surface area contributed by atoms with Gasteiger partial charge in [-0.05, 0) is 30.2 Å². The molecule has 3 heterocycles. The first-order chi connectivity index (χ1) is 13.1. The third kappa shape index (κ3) is 3.44. The van der Waals surface area contributed by atoms with Gasteiger partial charge >= 0.3 is 0 Å². The van der Waals surface area contributed by atoms with E-state index in [-0.39, 0.29) is 17.8 Å². The van der Waals surface area contributed by atoms with Crippen LogP contribution in [0.15, 0.2) is 54.9 Å². The molecule has 2 aromatic heterocycles. The highest BCUT2D eigenvalue weighted by Gasteiger charge is 2.21. The molecule has 1 unspecified atom stereocenters. The fourth-order valence-electron chi connectivity index (χ4n) is 3.27. The number of hydrogen-bond acceptors (Lipinski definition) is 4. The van der Waals surface area contributed by atoms with Gasteiger partial charge in [-0.25, -0.2) is 14.4 Å². The average molecular weight is 363 g/mol. The SMILES string of the molecule is Nc1ncnc2[nH]c3cc(F)ccc3c12.O=C1CCC(c2ccccc2)N1. The summed E-state index contributed by atoms with van der Waals surface area (Å²) < 4.78 is 13.0. The number of benzene rings is 2. The summed E-state index contributed by atoms with van der Waals surface area (Å²) in [5.74, 6) is 0.280. The van der Waals surface area contributed by atoms with Crippen LogP contribution in [0.2, 0.25) is 0 Å². The summed E-state index contributed by atoms with van der Waals surface area (Å²) in [7, 11) is 0. The highest BCUT2D eigenvalue weighted by molar-refractivity contribution is 6.10. The van der Waals surface area contributed by atoms with Crippen molar-refractivity contribution in [3.63, 3.8) is 0 Å². The van der Waals surface area contributed by atoms with Gasteiger partial charge in [0.25, 0.3) is 0 Å². The van der Waals surface area contributed by atoms with E-state index in [0.29, 0.717) is 23.4 Å². The number of anilines is 1. The van der Waals surface area contributed by atoms with Crippen LogP contribution in [0.25, 0.3) is 21.9 Å². The molecule has 1 aliphatic heterocycles. The Kier molecular flexibility index (Phi) is 4.42. The van der Waals surface area contributed by atoms with Crippen molar-refractivity contribution in [2.75, 3.05) is 5.73 Å². The first kappa shape index (κ1) is 17.0. The number of aromatic amines is 1. The van der Waals surface area contributed by atoms with E-state index in [2.05, 4.69) is 32.4 Å². The highest BCUT2D eigenvalue weighted by Crippen LogP contribution is 2.27. The van der Waals surface area contributed by atoms with Gasteiger partial charge in [-0.2, -0.15) is 0 Å². The summed E-state index contributed by atoms with van der Waals surface area (Å²) in [5.41, 5.74) is 8.26. The molecule has 5 rings (SSSR count). The van der Waals surface area contributed by atoms with Gasteiger partial charge in [0, 0.05) is 11.8 Å². The number of carbonyl (C=O) groups is 1. The topological polar surface area (TPSA) is 96.7 Å². The maximum Gasteiger partial charge on any atom is 0.220 e. The number of halogens is 1. The normalized spacial score (nSPS) is 16.2. The van der Waals surface area contributed by atoms with Gasteiger partial charge in [-0.1, -0.05) is 30.3 Å². The molecule has 7 heteroatoms. The molecular weight excluding hydrogens is 345 g/mol. The quantitative estimate of drug-likeness (QED) is 0.482. The Balaban J connectivity index is 0.000000137. The standard InChI is InChI=1S/C10H7FN4.C10H11NO/c11-5-1-2-6-7(3-5)15-10-8(6)9(12)13-4-14-10;12-10-7-6-9(11-10)8-4-2-1-3-5-8/h1-4H,(H3,12,13,14,15);1-5,9H,6-7H2,(H,11,12). The molecule has 1 atom stereocenters. The van der Waals surface area contributed by atoms with Gasteiger partial charge in [0.15, 0.2) is 0 Å². The van der Waals surface area contributed by atoms with Crippen molar-refractivity contribution in [1.29, 1.82) is 0 Å². The summed E-state index contributed by atoms with van der Waals surface area (Å²) in [5, 5.41) is 4.51. The lowest BCUT2D eigenvalue weighted by atomic mass is 10.1. The van der Waals surface area contributed by atoms with Gasteiger partial charge in [-0.15, -0.1) is 0 Å². The van der Waals surface area contributed by atoms with Crippen molar-refractivity contribution in [3.8, 4) is 0 Å². The van der Waals surface area contributed by atoms with Gasteiger partial charge in [0.2, 0.25) is 5.91 Å². The fraction of sp³-hybridized carbons (Fsp3) is 0.150. The second-order valence-electron chi connectivity index (χ2n) is 6.37. The largest absolute Gasteiger partial charge is 0.383 e. The summed E-state index contributed by atoms with van der Waals surface area (Å²) >= 11 is 0. The molecule has 0 spiro atoms. The van der Waals surface area contributed by atoms with E-state index in [1.807, 2.05) is 18.2 Å². The van der Waals surface area contributed by atoms with Crippen molar-refractivity contribution in [3.05, 3.63) is 66.2 Å². The molecule has 0 bridgehead atoms. The molecule has 1 saturated heterocycles. The second kappa shape index (κ2) is 7.03. The molecule has 0 radical (unpaired) electrons. The molecule has 27 heavy (non-hydrogen) atoms. The number of aromatic nitrogens is 3. The number of carbonyl (C=O) groups excluding carboxylic acids is 1. The van der Waals surface area contributed by atoms with Crippen LogP contribution in [0.5, 0.6) is 0 Å². The van der Waals surface area contributed by atoms with Crippen molar-refractivity contribution < 1.29 is 9.18 Å². The number of nitrogens with zero attached hydrogens (tertiary/aromatic N) is 2. The van der Waals surface area contributed by atoms with Crippen molar-refractivity contribution in [2.24, 2.45) is 0 Å². The summed E-state index contributed by atoms with van der Waals surface area (Å²) in [6.07, 6.45) is 2.98. The summed E-state index contributed by atoms with van der Waals surface area (Å²) in [6, 6.07) is 14.8. The number of amides is 1. The summed E-state index contributed by atoms with van der Waals surface area (Å²) in [6.45, 7) is 0. The van der Waals surface area contributed by atoms with E-state index >= 15 is 0 Å². The van der Waals surface area contributed by atoms with E-state index in [1.165, 1.54) is 24.0 Å². The van der Waals surface area contributed by atoms with Crippen molar-refractivity contribution >= 4 is 33.7 Å². The average Bonchev–Trinajstić information content (AvgIpc) is 3.26. The Labute approximate surface area is 154 Å². The third-order valence-electron chi connectivity index (χ3n) is 4.58. The lowest BCUT2D eigenvalue weighted by Crippen LogP contribution is -2.17. The van der Waals surface area contributed by atoms with Crippen LogP contribution in [0.3, 0.4) is 0 Å². The van der Waals surface area contributed by atoms with E-state index in [0.717, 1.165) is 17.2 Å². The molecule has 1 aliphatic rings. The number of fused-ring (bicyclic) bond motifs is 3. The van der Waals surface area contributed by atoms with Crippen LogP contribution in [0.4, 0.5) is 10.2 Å². The van der Waals surface area contributed by atoms with Crippen LogP contribution < -0.4 is 11.1 Å². The molecule has 6 nitrogen and oxygen atoms in total. The number of nitrogens with one attached hydrogen (secondary N) is 2. The predicted octanol–water partition coefficient (Wildman–Crippen LogP) is 3.47. The minimum atomic E-state index is -0.291. The highest BCUT2D eigenvalue weighted by atomic mass is 19.1. The zero-order valence-corrected chi connectivity index (χ0v) is 14.4. The van der Waals surface area contributed by atoms with Gasteiger partial charge in [0.1, 0.15) is 23.6 Å². The number of H-pyrrole nitrogens is 1. The first-order valence-electron chi connectivity index (χ1n) is 8.63. The van der Waals surface area contributed by atoms with E-state index < -0.39 is 0 Å². The Hall–Kier alpha value is -3.48. The number of nitrogen functional groups attached to an aromatic ring is 1. The van der Waals surface area contributed by atoms with Gasteiger partial charge in [-0.3, -0.25) is 4.79 Å². The maximum absolute atomic E-state index is 13.0. The lowest BCUT2D eigenvalue weighted by Gasteiger charge is -2.08. The van der Waals surface area contributed by atoms with Crippen LogP contribution in [-0.2, 0) is 4.79 Å². The smallest absolute Gasteiger partial charge is 0.220 e. The van der Waals surface area contributed by atoms with Crippen LogP contribution in [-0.4, -0.2) is 20.9 Å². The molecule has 1 fully saturated rings. The Bertz CT molecular complexity index is 1110. The minimum absolute atomic E-state index is 0.170. The molecule has 2 aromatic carbocycles. The second-order valence-corrected chi connectivity index (χ2v) is 6.37.